The summed E-state index contributed by atoms with van der Waals surface area (Å²) in [7, 11) is 0. The van der Waals surface area contributed by atoms with Crippen molar-refractivity contribution in [2.24, 2.45) is 23.7 Å². The monoisotopic (exact) mass is 282 g/mol. The third-order valence-electron chi connectivity index (χ3n) is 5.28. The van der Waals surface area contributed by atoms with Gasteiger partial charge >= 0.3 is 5.97 Å². The number of fused-ring (bicyclic) bond motifs is 1. The van der Waals surface area contributed by atoms with Gasteiger partial charge < -0.3 is 14.2 Å². The summed E-state index contributed by atoms with van der Waals surface area (Å²) in [6, 6.07) is 0. The van der Waals surface area contributed by atoms with Crippen molar-refractivity contribution < 1.29 is 19.0 Å². The van der Waals surface area contributed by atoms with Crippen molar-refractivity contribution in [1.82, 2.24) is 0 Å². The molecule has 2 saturated heterocycles. The van der Waals surface area contributed by atoms with Gasteiger partial charge in [-0.2, -0.15) is 0 Å². The van der Waals surface area contributed by atoms with Crippen molar-refractivity contribution >= 4 is 5.97 Å². The molecule has 2 aliphatic carbocycles. The van der Waals surface area contributed by atoms with Crippen molar-refractivity contribution in [3.05, 3.63) is 0 Å². The van der Waals surface area contributed by atoms with Gasteiger partial charge in [-0.1, -0.05) is 20.3 Å². The summed E-state index contributed by atoms with van der Waals surface area (Å²) in [6.07, 6.45) is 5.29. The average Bonchev–Trinajstić information content (AvgIpc) is 2.60. The predicted molar refractivity (Wildman–Crippen MR) is 74.0 cm³/mol. The van der Waals surface area contributed by atoms with E-state index in [-0.39, 0.29) is 24.1 Å². The molecule has 20 heavy (non-hydrogen) atoms. The maximum Gasteiger partial charge on any atom is 0.309 e. The summed E-state index contributed by atoms with van der Waals surface area (Å²) in [6.45, 7) is 5.41. The Bertz CT molecular complexity index is 356. The number of ether oxygens (including phenoxy) is 3. The van der Waals surface area contributed by atoms with E-state index in [1.807, 2.05) is 0 Å². The molecule has 6 atom stereocenters. The summed E-state index contributed by atoms with van der Waals surface area (Å²) in [5.74, 6) is 1.84. The molecule has 6 unspecified atom stereocenters. The summed E-state index contributed by atoms with van der Waals surface area (Å²) in [5, 5.41) is 0. The van der Waals surface area contributed by atoms with E-state index in [2.05, 4.69) is 13.8 Å². The molecular formula is C16H26O4. The summed E-state index contributed by atoms with van der Waals surface area (Å²) >= 11 is 0. The molecule has 0 aromatic carbocycles. The minimum Gasteiger partial charge on any atom is -0.459 e. The Hall–Kier alpha value is -0.610. The molecule has 2 heterocycles. The van der Waals surface area contributed by atoms with Gasteiger partial charge in [0.15, 0.2) is 0 Å². The van der Waals surface area contributed by atoms with Crippen LogP contribution in [0.1, 0.15) is 46.0 Å². The third kappa shape index (κ3) is 2.86. The van der Waals surface area contributed by atoms with Crippen LogP contribution >= 0.6 is 0 Å². The Morgan fingerprint density at radius 1 is 1.30 bits per heavy atom. The zero-order valence-corrected chi connectivity index (χ0v) is 12.5. The van der Waals surface area contributed by atoms with E-state index < -0.39 is 0 Å². The van der Waals surface area contributed by atoms with Crippen molar-refractivity contribution in [3.8, 4) is 0 Å². The van der Waals surface area contributed by atoms with Gasteiger partial charge in [-0.15, -0.1) is 0 Å². The fourth-order valence-electron chi connectivity index (χ4n) is 4.00. The van der Waals surface area contributed by atoms with Crippen LogP contribution in [-0.4, -0.2) is 31.6 Å². The Balaban J connectivity index is 1.53. The Kier molecular flexibility index (Phi) is 4.32. The van der Waals surface area contributed by atoms with E-state index in [0.29, 0.717) is 24.5 Å². The standard InChI is InChI=1S/C16H26O4/c1-3-10(2)8-18-9-19-15-12-4-11-5-13(7-12)16(17)20-14(15)6-11/h10-15H,3-9H2,1-2H3. The minimum atomic E-state index is -0.0362. The van der Waals surface area contributed by atoms with Gasteiger partial charge in [0.25, 0.3) is 0 Å². The molecule has 4 rings (SSSR count). The lowest BCUT2D eigenvalue weighted by Gasteiger charge is -2.41. The van der Waals surface area contributed by atoms with Gasteiger partial charge in [0.05, 0.1) is 12.5 Å². The molecular weight excluding hydrogens is 256 g/mol. The highest BCUT2D eigenvalue weighted by molar-refractivity contribution is 5.73. The molecule has 0 aromatic heterocycles. The quantitative estimate of drug-likeness (QED) is 0.427. The van der Waals surface area contributed by atoms with Crippen LogP contribution in [0.4, 0.5) is 0 Å². The molecule has 2 aliphatic heterocycles. The topological polar surface area (TPSA) is 44.8 Å². The van der Waals surface area contributed by atoms with Crippen LogP contribution in [0.25, 0.3) is 0 Å². The van der Waals surface area contributed by atoms with Gasteiger partial charge in [-0.05, 0) is 43.4 Å². The summed E-state index contributed by atoms with van der Waals surface area (Å²) in [4.78, 5) is 12.0. The first kappa shape index (κ1) is 14.3. The van der Waals surface area contributed by atoms with Crippen molar-refractivity contribution in [3.63, 3.8) is 0 Å². The number of hydrogen-bond donors (Lipinski definition) is 0. The highest BCUT2D eigenvalue weighted by Crippen LogP contribution is 2.48. The average molecular weight is 282 g/mol. The van der Waals surface area contributed by atoms with E-state index in [1.54, 1.807) is 0 Å². The maximum absolute atomic E-state index is 12.0. The fraction of sp³-hybridized carbons (Fsp3) is 0.938. The highest BCUT2D eigenvalue weighted by Gasteiger charge is 2.50. The van der Waals surface area contributed by atoms with Crippen LogP contribution in [0, 0.1) is 23.7 Å². The third-order valence-corrected chi connectivity index (χ3v) is 5.28. The van der Waals surface area contributed by atoms with E-state index in [9.17, 15) is 4.79 Å². The second-order valence-corrected chi connectivity index (χ2v) is 6.87. The maximum atomic E-state index is 12.0. The second kappa shape index (κ2) is 6.02. The largest absolute Gasteiger partial charge is 0.459 e. The SMILES string of the molecule is CCC(C)COCOC1C2CC3CC(C2)C(=O)OC1C3. The lowest BCUT2D eigenvalue weighted by molar-refractivity contribution is -0.177. The molecule has 4 heteroatoms. The summed E-state index contributed by atoms with van der Waals surface area (Å²) < 4.78 is 17.2. The predicted octanol–water partition coefficient (Wildman–Crippen LogP) is 2.75. The first-order chi connectivity index (χ1) is 9.67. The first-order valence-electron chi connectivity index (χ1n) is 8.07. The zero-order chi connectivity index (χ0) is 14.1. The number of carbonyl (C=O) groups excluding carboxylic acids is 1. The molecule has 2 saturated carbocycles. The van der Waals surface area contributed by atoms with Crippen LogP contribution in [0.15, 0.2) is 0 Å². The zero-order valence-electron chi connectivity index (χ0n) is 12.5. The number of carbonyl (C=O) groups is 1. The molecule has 0 spiro atoms. The normalized spacial score (nSPS) is 40.5. The molecule has 0 amide bonds. The van der Waals surface area contributed by atoms with E-state index in [4.69, 9.17) is 14.2 Å². The lowest BCUT2D eigenvalue weighted by Crippen LogP contribution is -2.44. The molecule has 4 bridgehead atoms. The van der Waals surface area contributed by atoms with Gasteiger partial charge in [0.2, 0.25) is 0 Å². The van der Waals surface area contributed by atoms with E-state index in [1.165, 1.54) is 6.42 Å². The van der Waals surface area contributed by atoms with Crippen LogP contribution in [0.2, 0.25) is 0 Å². The Morgan fingerprint density at radius 3 is 2.95 bits per heavy atom. The Labute approximate surface area is 121 Å². The van der Waals surface area contributed by atoms with Gasteiger partial charge in [-0.25, -0.2) is 0 Å². The first-order valence-corrected chi connectivity index (χ1v) is 8.07. The molecule has 4 aliphatic rings. The fourth-order valence-corrected chi connectivity index (χ4v) is 4.00. The van der Waals surface area contributed by atoms with Crippen LogP contribution in [0.3, 0.4) is 0 Å². The van der Waals surface area contributed by atoms with Crippen LogP contribution in [0.5, 0.6) is 0 Å². The molecule has 4 nitrogen and oxygen atoms in total. The minimum absolute atomic E-state index is 0.00817. The van der Waals surface area contributed by atoms with Gasteiger partial charge in [0, 0.05) is 0 Å². The van der Waals surface area contributed by atoms with Gasteiger partial charge in [0.1, 0.15) is 19.0 Å². The molecule has 0 aromatic rings. The number of hydrogen-bond acceptors (Lipinski definition) is 4. The van der Waals surface area contributed by atoms with E-state index >= 15 is 0 Å². The molecule has 4 fully saturated rings. The molecule has 114 valence electrons. The van der Waals surface area contributed by atoms with Crippen molar-refractivity contribution in [1.29, 1.82) is 0 Å². The van der Waals surface area contributed by atoms with E-state index in [0.717, 1.165) is 32.3 Å². The van der Waals surface area contributed by atoms with Crippen LogP contribution in [-0.2, 0) is 19.0 Å². The van der Waals surface area contributed by atoms with Crippen molar-refractivity contribution in [2.75, 3.05) is 13.4 Å². The lowest BCUT2D eigenvalue weighted by atomic mass is 9.67. The van der Waals surface area contributed by atoms with Crippen molar-refractivity contribution in [2.45, 2.75) is 58.2 Å². The Morgan fingerprint density at radius 2 is 2.15 bits per heavy atom. The smallest absolute Gasteiger partial charge is 0.309 e. The number of rotatable bonds is 6. The second-order valence-electron chi connectivity index (χ2n) is 6.87. The summed E-state index contributed by atoms with van der Waals surface area (Å²) in [5.41, 5.74) is 0. The van der Waals surface area contributed by atoms with Gasteiger partial charge in [-0.3, -0.25) is 4.79 Å². The van der Waals surface area contributed by atoms with Crippen LogP contribution < -0.4 is 0 Å². The molecule has 0 N–H and O–H groups in total. The highest BCUT2D eigenvalue weighted by atomic mass is 16.7. The molecule has 0 radical (unpaired) electrons. The number of esters is 1.